The first-order valence-corrected chi connectivity index (χ1v) is 6.95. The molecule has 1 N–H and O–H groups in total. The maximum atomic E-state index is 4.41. The van der Waals surface area contributed by atoms with Crippen molar-refractivity contribution in [2.75, 3.05) is 12.4 Å². The van der Waals surface area contributed by atoms with Gasteiger partial charge in [-0.3, -0.25) is 4.57 Å². The molecule has 21 heavy (non-hydrogen) atoms. The highest BCUT2D eigenvalue weighted by Crippen LogP contribution is 2.23. The van der Waals surface area contributed by atoms with Gasteiger partial charge in [0.15, 0.2) is 5.16 Å². The Hall–Kier alpha value is -2.49. The Kier molecular flexibility index (Phi) is 3.52. The molecule has 0 bridgehead atoms. The van der Waals surface area contributed by atoms with Crippen LogP contribution >= 0.6 is 11.8 Å². The van der Waals surface area contributed by atoms with E-state index in [2.05, 4.69) is 35.5 Å². The van der Waals surface area contributed by atoms with Gasteiger partial charge in [0.1, 0.15) is 12.2 Å². The second-order valence-corrected chi connectivity index (χ2v) is 5.09. The molecule has 0 saturated heterocycles. The normalized spacial score (nSPS) is 10.8. The molecule has 0 spiro atoms. The Balaban J connectivity index is 1.98. The first-order valence-electron chi connectivity index (χ1n) is 6.13. The fourth-order valence-corrected chi connectivity index (χ4v) is 2.33. The summed E-state index contributed by atoms with van der Waals surface area (Å²) in [6.07, 6.45) is 5.08. The van der Waals surface area contributed by atoms with Crippen LogP contribution in [0.5, 0.6) is 0 Å². The van der Waals surface area contributed by atoms with Crippen molar-refractivity contribution in [1.82, 2.24) is 39.3 Å². The fraction of sp³-hybridized carbons (Fsp3) is 0.273. The zero-order valence-corrected chi connectivity index (χ0v) is 12.5. The van der Waals surface area contributed by atoms with Crippen LogP contribution in [0.3, 0.4) is 0 Å². The SMILES string of the molecule is CNc1nc(Sc2nnc(C)n2C)nc(-n2ccnc2)n1. The third-order valence-corrected chi connectivity index (χ3v) is 3.70. The van der Waals surface area contributed by atoms with E-state index >= 15 is 0 Å². The second kappa shape index (κ2) is 5.48. The van der Waals surface area contributed by atoms with Crippen molar-refractivity contribution in [3.63, 3.8) is 0 Å². The molecule has 0 atom stereocenters. The van der Waals surface area contributed by atoms with E-state index in [9.17, 15) is 0 Å². The molecule has 0 unspecified atom stereocenters. The maximum Gasteiger partial charge on any atom is 0.240 e. The van der Waals surface area contributed by atoms with Crippen LogP contribution in [0.15, 0.2) is 29.0 Å². The molecule has 108 valence electrons. The van der Waals surface area contributed by atoms with E-state index in [1.165, 1.54) is 11.8 Å². The van der Waals surface area contributed by atoms with Crippen molar-refractivity contribution in [3.05, 3.63) is 24.5 Å². The van der Waals surface area contributed by atoms with Crippen molar-refractivity contribution in [2.24, 2.45) is 7.05 Å². The summed E-state index contributed by atoms with van der Waals surface area (Å²) in [5, 5.41) is 12.3. The van der Waals surface area contributed by atoms with Crippen LogP contribution in [0.25, 0.3) is 5.95 Å². The molecule has 0 aliphatic carbocycles. The van der Waals surface area contributed by atoms with Gasteiger partial charge >= 0.3 is 0 Å². The van der Waals surface area contributed by atoms with Crippen molar-refractivity contribution in [2.45, 2.75) is 17.2 Å². The van der Waals surface area contributed by atoms with Gasteiger partial charge in [0.25, 0.3) is 0 Å². The number of rotatable bonds is 4. The lowest BCUT2D eigenvalue weighted by atomic mass is 10.7. The predicted octanol–water partition coefficient (Wildman–Crippen LogP) is 0.687. The van der Waals surface area contributed by atoms with Gasteiger partial charge in [-0.1, -0.05) is 0 Å². The highest BCUT2D eigenvalue weighted by atomic mass is 32.2. The van der Waals surface area contributed by atoms with Crippen molar-refractivity contribution in [1.29, 1.82) is 0 Å². The third-order valence-electron chi connectivity index (χ3n) is 2.80. The molecule has 3 rings (SSSR count). The minimum absolute atomic E-state index is 0.482. The molecular formula is C11H13N9S. The standard InChI is InChI=1S/C11H13N9S/c1-7-17-18-11(19(7)3)21-10-15-8(12-2)14-9(16-10)20-5-4-13-6-20/h4-6H,1-3H3,(H,12,14,15,16). The average Bonchev–Trinajstić information content (AvgIpc) is 3.13. The Bertz CT molecular complexity index is 749. The molecule has 0 saturated carbocycles. The van der Waals surface area contributed by atoms with Crippen LogP contribution in [0.2, 0.25) is 0 Å². The number of aromatic nitrogens is 8. The summed E-state index contributed by atoms with van der Waals surface area (Å²) in [5.74, 6) is 1.80. The highest BCUT2D eigenvalue weighted by Gasteiger charge is 2.12. The third kappa shape index (κ3) is 2.70. The van der Waals surface area contributed by atoms with E-state index in [0.717, 1.165) is 11.0 Å². The fourth-order valence-electron chi connectivity index (χ4n) is 1.55. The molecular weight excluding hydrogens is 290 g/mol. The van der Waals surface area contributed by atoms with Crippen LogP contribution in [0.1, 0.15) is 5.82 Å². The zero-order chi connectivity index (χ0) is 14.8. The van der Waals surface area contributed by atoms with E-state index in [1.54, 1.807) is 30.3 Å². The molecule has 9 nitrogen and oxygen atoms in total. The van der Waals surface area contributed by atoms with E-state index in [4.69, 9.17) is 0 Å². The van der Waals surface area contributed by atoms with E-state index in [0.29, 0.717) is 17.1 Å². The van der Waals surface area contributed by atoms with Crippen LogP contribution in [0, 0.1) is 6.92 Å². The number of nitrogens with one attached hydrogen (secondary N) is 1. The lowest BCUT2D eigenvalue weighted by Crippen LogP contribution is -2.06. The van der Waals surface area contributed by atoms with Gasteiger partial charge in [0.05, 0.1) is 0 Å². The number of hydrogen-bond donors (Lipinski definition) is 1. The van der Waals surface area contributed by atoms with Crippen LogP contribution < -0.4 is 5.32 Å². The smallest absolute Gasteiger partial charge is 0.240 e. The van der Waals surface area contributed by atoms with E-state index < -0.39 is 0 Å². The Morgan fingerprint density at radius 2 is 2.05 bits per heavy atom. The van der Waals surface area contributed by atoms with Gasteiger partial charge in [-0.2, -0.15) is 15.0 Å². The Morgan fingerprint density at radius 3 is 2.67 bits per heavy atom. The number of aryl methyl sites for hydroxylation is 1. The quantitative estimate of drug-likeness (QED) is 0.751. The molecule has 3 aromatic rings. The molecule has 0 aliphatic heterocycles. The number of hydrogen-bond acceptors (Lipinski definition) is 8. The minimum atomic E-state index is 0.482. The molecule has 3 heterocycles. The topological polar surface area (TPSA) is 99.2 Å². The summed E-state index contributed by atoms with van der Waals surface area (Å²) in [7, 11) is 3.66. The summed E-state index contributed by atoms with van der Waals surface area (Å²) in [5.41, 5.74) is 0. The molecule has 0 aliphatic rings. The first kappa shape index (κ1) is 13.5. The molecule has 3 aromatic heterocycles. The van der Waals surface area contributed by atoms with Crippen molar-refractivity contribution >= 4 is 17.7 Å². The van der Waals surface area contributed by atoms with E-state index in [1.807, 2.05) is 18.5 Å². The number of imidazole rings is 1. The molecule has 0 radical (unpaired) electrons. The van der Waals surface area contributed by atoms with Crippen LogP contribution in [0.4, 0.5) is 5.95 Å². The summed E-state index contributed by atoms with van der Waals surface area (Å²) in [6.45, 7) is 1.89. The van der Waals surface area contributed by atoms with Gasteiger partial charge < -0.3 is 9.88 Å². The van der Waals surface area contributed by atoms with Gasteiger partial charge in [-0.25, -0.2) is 4.98 Å². The van der Waals surface area contributed by atoms with Crippen LogP contribution in [-0.4, -0.2) is 46.3 Å². The summed E-state index contributed by atoms with van der Waals surface area (Å²) >= 11 is 1.33. The van der Waals surface area contributed by atoms with Gasteiger partial charge in [-0.15, -0.1) is 10.2 Å². The molecule has 10 heteroatoms. The van der Waals surface area contributed by atoms with Crippen molar-refractivity contribution < 1.29 is 0 Å². The van der Waals surface area contributed by atoms with E-state index in [-0.39, 0.29) is 0 Å². The largest absolute Gasteiger partial charge is 0.357 e. The average molecular weight is 303 g/mol. The highest BCUT2D eigenvalue weighted by molar-refractivity contribution is 7.99. The first-order chi connectivity index (χ1) is 10.2. The lowest BCUT2D eigenvalue weighted by molar-refractivity contribution is 0.758. The van der Waals surface area contributed by atoms with Gasteiger partial charge in [0, 0.05) is 26.5 Å². The predicted molar refractivity (Wildman–Crippen MR) is 76.4 cm³/mol. The second-order valence-electron chi connectivity index (χ2n) is 4.15. The number of anilines is 1. The lowest BCUT2D eigenvalue weighted by Gasteiger charge is -2.06. The molecule has 0 amide bonds. The summed E-state index contributed by atoms with van der Waals surface area (Å²) in [4.78, 5) is 17.0. The summed E-state index contributed by atoms with van der Waals surface area (Å²) in [6, 6.07) is 0. The molecule has 0 fully saturated rings. The monoisotopic (exact) mass is 303 g/mol. The molecule has 0 aromatic carbocycles. The van der Waals surface area contributed by atoms with Crippen LogP contribution in [-0.2, 0) is 7.05 Å². The Labute approximate surface area is 124 Å². The zero-order valence-electron chi connectivity index (χ0n) is 11.7. The van der Waals surface area contributed by atoms with Gasteiger partial charge in [0.2, 0.25) is 17.1 Å². The maximum absolute atomic E-state index is 4.41. The Morgan fingerprint density at radius 1 is 1.19 bits per heavy atom. The summed E-state index contributed by atoms with van der Waals surface area (Å²) < 4.78 is 3.60. The number of nitrogens with zero attached hydrogens (tertiary/aromatic N) is 8. The minimum Gasteiger partial charge on any atom is -0.357 e. The van der Waals surface area contributed by atoms with Gasteiger partial charge in [-0.05, 0) is 18.7 Å². The van der Waals surface area contributed by atoms with Crippen molar-refractivity contribution in [3.8, 4) is 5.95 Å².